The highest BCUT2D eigenvalue weighted by molar-refractivity contribution is 5.94. The van der Waals surface area contributed by atoms with Gasteiger partial charge in [-0.25, -0.2) is 0 Å². The van der Waals surface area contributed by atoms with E-state index in [1.54, 1.807) is 4.90 Å². The first kappa shape index (κ1) is 15.7. The van der Waals surface area contributed by atoms with Crippen LogP contribution in [0.25, 0.3) is 0 Å². The molecular weight excluding hydrogens is 240 g/mol. The standard InChI is InChI=1S/C15H24N2O2/c1-15(2,3)19-12-14(18)17(11-7-10-16)13-8-5-4-6-9-13/h4-6,8-9H,7,10-12,16H2,1-3H3. The number of carbonyl (C=O) groups is 1. The molecule has 0 radical (unpaired) electrons. The first-order chi connectivity index (χ1) is 8.94. The van der Waals surface area contributed by atoms with E-state index in [1.807, 2.05) is 51.1 Å². The first-order valence-corrected chi connectivity index (χ1v) is 6.63. The fourth-order valence-electron chi connectivity index (χ4n) is 1.61. The van der Waals surface area contributed by atoms with Crippen LogP contribution in [0.1, 0.15) is 27.2 Å². The topological polar surface area (TPSA) is 55.6 Å². The van der Waals surface area contributed by atoms with Gasteiger partial charge in [0, 0.05) is 12.2 Å². The second-order valence-corrected chi connectivity index (χ2v) is 5.42. The minimum Gasteiger partial charge on any atom is -0.366 e. The molecule has 0 atom stereocenters. The molecule has 0 spiro atoms. The lowest BCUT2D eigenvalue weighted by Gasteiger charge is -2.25. The minimum absolute atomic E-state index is 0.0328. The highest BCUT2D eigenvalue weighted by Gasteiger charge is 2.18. The van der Waals surface area contributed by atoms with E-state index in [1.165, 1.54) is 0 Å². The van der Waals surface area contributed by atoms with Crippen molar-refractivity contribution in [1.82, 2.24) is 0 Å². The lowest BCUT2D eigenvalue weighted by Crippen LogP contribution is -2.37. The van der Waals surface area contributed by atoms with Gasteiger partial charge in [0.15, 0.2) is 0 Å². The summed E-state index contributed by atoms with van der Waals surface area (Å²) in [6.45, 7) is 7.08. The monoisotopic (exact) mass is 264 g/mol. The SMILES string of the molecule is CC(C)(C)OCC(=O)N(CCCN)c1ccccc1. The molecule has 2 N–H and O–H groups in total. The van der Waals surface area contributed by atoms with Crippen LogP contribution in [-0.4, -0.2) is 31.2 Å². The molecule has 0 aliphatic rings. The summed E-state index contributed by atoms with van der Waals surface area (Å²) in [6.07, 6.45) is 0.774. The molecule has 0 aliphatic carbocycles. The lowest BCUT2D eigenvalue weighted by molar-refractivity contribution is -0.127. The smallest absolute Gasteiger partial charge is 0.253 e. The fraction of sp³-hybridized carbons (Fsp3) is 0.533. The van der Waals surface area contributed by atoms with Gasteiger partial charge in [-0.1, -0.05) is 18.2 Å². The highest BCUT2D eigenvalue weighted by atomic mass is 16.5. The van der Waals surface area contributed by atoms with Gasteiger partial charge in [0.05, 0.1) is 5.60 Å². The van der Waals surface area contributed by atoms with Crippen molar-refractivity contribution < 1.29 is 9.53 Å². The van der Waals surface area contributed by atoms with E-state index >= 15 is 0 Å². The Morgan fingerprint density at radius 3 is 2.42 bits per heavy atom. The van der Waals surface area contributed by atoms with Gasteiger partial charge in [-0.2, -0.15) is 0 Å². The largest absolute Gasteiger partial charge is 0.366 e. The Balaban J connectivity index is 2.71. The Hall–Kier alpha value is -1.39. The summed E-state index contributed by atoms with van der Waals surface area (Å²) in [6, 6.07) is 9.61. The predicted molar refractivity (Wildman–Crippen MR) is 78.2 cm³/mol. The molecule has 106 valence electrons. The van der Waals surface area contributed by atoms with E-state index in [4.69, 9.17) is 10.5 Å². The van der Waals surface area contributed by atoms with E-state index in [9.17, 15) is 4.79 Å². The lowest BCUT2D eigenvalue weighted by atomic mass is 10.2. The van der Waals surface area contributed by atoms with Gasteiger partial charge in [0.25, 0.3) is 5.91 Å². The Morgan fingerprint density at radius 1 is 1.26 bits per heavy atom. The maximum absolute atomic E-state index is 12.3. The molecule has 0 aliphatic heterocycles. The van der Waals surface area contributed by atoms with Gasteiger partial charge in [0.2, 0.25) is 0 Å². The van der Waals surface area contributed by atoms with Crippen LogP contribution < -0.4 is 10.6 Å². The molecule has 1 aromatic carbocycles. The molecule has 0 unspecified atom stereocenters. The van der Waals surface area contributed by atoms with Gasteiger partial charge in [-0.15, -0.1) is 0 Å². The van der Waals surface area contributed by atoms with Crippen molar-refractivity contribution in [3.63, 3.8) is 0 Å². The summed E-state index contributed by atoms with van der Waals surface area (Å²) in [7, 11) is 0. The molecular formula is C15H24N2O2. The first-order valence-electron chi connectivity index (χ1n) is 6.63. The number of ether oxygens (including phenoxy) is 1. The zero-order valence-electron chi connectivity index (χ0n) is 12.1. The summed E-state index contributed by atoms with van der Waals surface area (Å²) in [5.74, 6) is -0.0328. The number of amides is 1. The molecule has 0 bridgehead atoms. The molecule has 4 nitrogen and oxygen atoms in total. The maximum Gasteiger partial charge on any atom is 0.253 e. The molecule has 1 rings (SSSR count). The van der Waals surface area contributed by atoms with Gasteiger partial charge >= 0.3 is 0 Å². The third-order valence-corrected chi connectivity index (χ3v) is 2.58. The second kappa shape index (κ2) is 7.26. The number of nitrogens with two attached hydrogens (primary N) is 1. The summed E-state index contributed by atoms with van der Waals surface area (Å²) in [4.78, 5) is 14.0. The molecule has 19 heavy (non-hydrogen) atoms. The number of hydrogen-bond donors (Lipinski definition) is 1. The molecule has 0 heterocycles. The van der Waals surface area contributed by atoms with Crippen LogP contribution in [0.4, 0.5) is 5.69 Å². The van der Waals surface area contributed by atoms with Crippen LogP contribution in [0, 0.1) is 0 Å². The van der Waals surface area contributed by atoms with Crippen molar-refractivity contribution in [1.29, 1.82) is 0 Å². The number of anilines is 1. The van der Waals surface area contributed by atoms with Crippen LogP contribution in [0.15, 0.2) is 30.3 Å². The van der Waals surface area contributed by atoms with Crippen LogP contribution >= 0.6 is 0 Å². The van der Waals surface area contributed by atoms with Crippen LogP contribution in [0.3, 0.4) is 0 Å². The number of rotatable bonds is 6. The van der Waals surface area contributed by atoms with Crippen molar-refractivity contribution >= 4 is 11.6 Å². The third-order valence-electron chi connectivity index (χ3n) is 2.58. The molecule has 1 aromatic rings. The zero-order chi connectivity index (χ0) is 14.3. The average molecular weight is 264 g/mol. The van der Waals surface area contributed by atoms with E-state index in [0.29, 0.717) is 13.1 Å². The molecule has 4 heteroatoms. The summed E-state index contributed by atoms with van der Waals surface area (Å²) < 4.78 is 5.55. The number of para-hydroxylation sites is 1. The zero-order valence-corrected chi connectivity index (χ0v) is 12.1. The van der Waals surface area contributed by atoms with Gasteiger partial charge in [-0.3, -0.25) is 4.79 Å². The average Bonchev–Trinajstić information content (AvgIpc) is 2.37. The van der Waals surface area contributed by atoms with Crippen molar-refractivity contribution in [2.24, 2.45) is 5.73 Å². The number of hydrogen-bond acceptors (Lipinski definition) is 3. The van der Waals surface area contributed by atoms with Crippen LogP contribution in [0.5, 0.6) is 0 Å². The maximum atomic E-state index is 12.3. The van der Waals surface area contributed by atoms with E-state index in [-0.39, 0.29) is 18.1 Å². The number of carbonyl (C=O) groups excluding carboxylic acids is 1. The molecule has 1 amide bonds. The highest BCUT2D eigenvalue weighted by Crippen LogP contribution is 2.15. The molecule has 0 saturated heterocycles. The molecule has 0 saturated carbocycles. The van der Waals surface area contributed by atoms with Crippen molar-refractivity contribution in [2.45, 2.75) is 32.8 Å². The van der Waals surface area contributed by atoms with E-state index in [0.717, 1.165) is 12.1 Å². The third kappa shape index (κ3) is 5.85. The molecule has 0 aromatic heterocycles. The minimum atomic E-state index is -0.314. The Morgan fingerprint density at radius 2 is 1.89 bits per heavy atom. The predicted octanol–water partition coefficient (Wildman–Crippen LogP) is 2.18. The number of benzene rings is 1. The number of nitrogens with zero attached hydrogens (tertiary/aromatic N) is 1. The van der Waals surface area contributed by atoms with Gasteiger partial charge in [0.1, 0.15) is 6.61 Å². The van der Waals surface area contributed by atoms with E-state index in [2.05, 4.69) is 0 Å². The summed E-state index contributed by atoms with van der Waals surface area (Å²) in [5, 5.41) is 0. The van der Waals surface area contributed by atoms with Crippen LogP contribution in [0.2, 0.25) is 0 Å². The molecule has 0 fully saturated rings. The Bertz CT molecular complexity index is 385. The van der Waals surface area contributed by atoms with Crippen LogP contribution in [-0.2, 0) is 9.53 Å². The summed E-state index contributed by atoms with van der Waals surface area (Å²) in [5.41, 5.74) is 6.10. The van der Waals surface area contributed by atoms with Crippen molar-refractivity contribution in [3.8, 4) is 0 Å². The van der Waals surface area contributed by atoms with Gasteiger partial charge in [-0.05, 0) is 45.9 Å². The Labute approximate surface area is 115 Å². The quantitative estimate of drug-likeness (QED) is 0.857. The second-order valence-electron chi connectivity index (χ2n) is 5.42. The Kier molecular flexibility index (Phi) is 5.99. The fourth-order valence-corrected chi connectivity index (χ4v) is 1.61. The van der Waals surface area contributed by atoms with Gasteiger partial charge < -0.3 is 15.4 Å². The van der Waals surface area contributed by atoms with E-state index < -0.39 is 0 Å². The normalized spacial score (nSPS) is 11.4. The van der Waals surface area contributed by atoms with Crippen molar-refractivity contribution in [3.05, 3.63) is 30.3 Å². The van der Waals surface area contributed by atoms with Crippen molar-refractivity contribution in [2.75, 3.05) is 24.6 Å². The summed E-state index contributed by atoms with van der Waals surface area (Å²) >= 11 is 0.